The maximum atomic E-state index is 6.24. The van der Waals surface area contributed by atoms with E-state index in [0.29, 0.717) is 0 Å². The Balaban J connectivity index is 3.09. The second-order valence-corrected chi connectivity index (χ2v) is 11.5. The molecule has 84 valence electrons. The van der Waals surface area contributed by atoms with Crippen LogP contribution < -0.4 is 5.19 Å². The van der Waals surface area contributed by atoms with Crippen molar-refractivity contribution in [2.75, 3.05) is 0 Å². The van der Waals surface area contributed by atoms with Crippen LogP contribution in [0, 0.1) is 13.8 Å². The van der Waals surface area contributed by atoms with Gasteiger partial charge < -0.3 is 4.12 Å². The van der Waals surface area contributed by atoms with Gasteiger partial charge in [0.25, 0.3) is 0 Å². The Labute approximate surface area is 96.3 Å². The predicted molar refractivity (Wildman–Crippen MR) is 73.0 cm³/mol. The monoisotopic (exact) mass is 238 g/mol. The van der Waals surface area contributed by atoms with E-state index in [1.54, 1.807) is 0 Å². The molecule has 0 spiro atoms. The van der Waals surface area contributed by atoms with Crippen molar-refractivity contribution in [1.29, 1.82) is 0 Å². The molecule has 15 heavy (non-hydrogen) atoms. The minimum absolute atomic E-state index is 0.940. The Hall–Kier alpha value is -0.386. The third kappa shape index (κ3) is 3.03. The molecular formula is C12H22OSi2. The third-order valence-corrected chi connectivity index (χ3v) is 8.87. The topological polar surface area (TPSA) is 9.23 Å². The Bertz CT molecular complexity index is 345. The summed E-state index contributed by atoms with van der Waals surface area (Å²) in [5, 5.41) is 1.46. The molecule has 0 saturated carbocycles. The fourth-order valence-electron chi connectivity index (χ4n) is 2.06. The molecule has 0 N–H and O–H groups in total. The van der Waals surface area contributed by atoms with Gasteiger partial charge in [0, 0.05) is 0 Å². The summed E-state index contributed by atoms with van der Waals surface area (Å²) in [4.78, 5) is 0. The molecule has 1 aromatic carbocycles. The summed E-state index contributed by atoms with van der Waals surface area (Å²) in [5.74, 6) is 0. The minimum atomic E-state index is -1.66. The molecule has 1 nitrogen and oxygen atoms in total. The second-order valence-electron chi connectivity index (χ2n) is 4.92. The highest BCUT2D eigenvalue weighted by Crippen LogP contribution is 2.12. The van der Waals surface area contributed by atoms with Gasteiger partial charge in [-0.3, -0.25) is 0 Å². The van der Waals surface area contributed by atoms with Crippen LogP contribution in [-0.4, -0.2) is 17.4 Å². The number of aryl methyl sites for hydroxylation is 1. The zero-order chi connectivity index (χ0) is 11.6. The summed E-state index contributed by atoms with van der Waals surface area (Å²) < 4.78 is 6.24. The van der Waals surface area contributed by atoms with E-state index in [1.807, 2.05) is 0 Å². The lowest BCUT2D eigenvalue weighted by atomic mass is 10.1. The van der Waals surface area contributed by atoms with Crippen LogP contribution in [0.5, 0.6) is 0 Å². The molecule has 1 rings (SSSR count). The number of hydrogen-bond donors (Lipinski definition) is 0. The van der Waals surface area contributed by atoms with Gasteiger partial charge in [-0.2, -0.15) is 0 Å². The molecular weight excluding hydrogens is 216 g/mol. The van der Waals surface area contributed by atoms with Gasteiger partial charge >= 0.3 is 0 Å². The number of rotatable bonds is 3. The van der Waals surface area contributed by atoms with Gasteiger partial charge in [-0.25, -0.2) is 0 Å². The highest BCUT2D eigenvalue weighted by Gasteiger charge is 2.28. The Morgan fingerprint density at radius 1 is 1.13 bits per heavy atom. The molecule has 1 aromatic rings. The average molecular weight is 238 g/mol. The fourth-order valence-corrected chi connectivity index (χ4v) is 8.88. The predicted octanol–water partition coefficient (Wildman–Crippen LogP) is 2.72. The molecule has 0 unspecified atom stereocenters. The van der Waals surface area contributed by atoms with Crippen LogP contribution in [0.4, 0.5) is 0 Å². The summed E-state index contributed by atoms with van der Waals surface area (Å²) >= 11 is 0. The van der Waals surface area contributed by atoms with Gasteiger partial charge in [-0.1, -0.05) is 18.2 Å². The molecule has 3 heteroatoms. The molecule has 0 saturated heterocycles. The van der Waals surface area contributed by atoms with Crippen molar-refractivity contribution in [1.82, 2.24) is 0 Å². The van der Waals surface area contributed by atoms with Gasteiger partial charge in [-0.15, -0.1) is 0 Å². The van der Waals surface area contributed by atoms with Crippen LogP contribution in [0.25, 0.3) is 0 Å². The smallest absolute Gasteiger partial charge is 0.206 e. The van der Waals surface area contributed by atoms with E-state index in [9.17, 15) is 0 Å². The van der Waals surface area contributed by atoms with Crippen LogP contribution >= 0.6 is 0 Å². The molecule has 0 aliphatic rings. The highest BCUT2D eigenvalue weighted by atomic mass is 28.4. The van der Waals surface area contributed by atoms with E-state index in [1.165, 1.54) is 16.3 Å². The number of benzene rings is 1. The van der Waals surface area contributed by atoms with Crippen LogP contribution in [0.1, 0.15) is 11.1 Å². The van der Waals surface area contributed by atoms with Crippen molar-refractivity contribution in [3.05, 3.63) is 29.3 Å². The summed E-state index contributed by atoms with van der Waals surface area (Å²) in [6.45, 7) is 13.5. The number of hydrogen-bond acceptors (Lipinski definition) is 1. The van der Waals surface area contributed by atoms with Crippen LogP contribution in [-0.2, 0) is 4.12 Å². The van der Waals surface area contributed by atoms with E-state index in [-0.39, 0.29) is 0 Å². The van der Waals surface area contributed by atoms with Crippen LogP contribution in [0.3, 0.4) is 0 Å². The molecule has 0 aliphatic carbocycles. The van der Waals surface area contributed by atoms with Crippen LogP contribution in [0.15, 0.2) is 18.2 Å². The highest BCUT2D eigenvalue weighted by molar-refractivity contribution is 6.88. The first kappa shape index (κ1) is 12.7. The van der Waals surface area contributed by atoms with Crippen LogP contribution in [0.2, 0.25) is 26.2 Å². The molecule has 0 amide bonds. The van der Waals surface area contributed by atoms with E-state index in [4.69, 9.17) is 4.12 Å². The first-order valence-corrected chi connectivity index (χ1v) is 11.3. The Kier molecular flexibility index (Phi) is 3.92. The van der Waals surface area contributed by atoms with E-state index < -0.39 is 17.4 Å². The molecule has 0 radical (unpaired) electrons. The molecule has 0 aliphatic heterocycles. The molecule has 0 aromatic heterocycles. The lowest BCUT2D eigenvalue weighted by Crippen LogP contribution is -2.48. The molecule has 0 fully saturated rings. The van der Waals surface area contributed by atoms with Gasteiger partial charge in [0.15, 0.2) is 9.04 Å². The van der Waals surface area contributed by atoms with Gasteiger partial charge in [0.05, 0.1) is 0 Å². The van der Waals surface area contributed by atoms with E-state index in [2.05, 4.69) is 58.2 Å². The van der Waals surface area contributed by atoms with Crippen molar-refractivity contribution in [3.63, 3.8) is 0 Å². The molecule has 0 atom stereocenters. The van der Waals surface area contributed by atoms with Crippen molar-refractivity contribution in [2.45, 2.75) is 40.0 Å². The SMILES string of the molecule is Cc1cccc([Si](C)(C)O[SiH](C)C)c1C. The maximum Gasteiger partial charge on any atom is 0.206 e. The third-order valence-electron chi connectivity index (χ3n) is 2.78. The first-order valence-electron chi connectivity index (χ1n) is 5.59. The summed E-state index contributed by atoms with van der Waals surface area (Å²) in [5.41, 5.74) is 2.80. The quantitative estimate of drug-likeness (QED) is 0.736. The minimum Gasteiger partial charge on any atom is -0.455 e. The van der Waals surface area contributed by atoms with Gasteiger partial charge in [0.2, 0.25) is 8.32 Å². The summed E-state index contributed by atoms with van der Waals surface area (Å²) in [6.07, 6.45) is 0. The normalized spacial score (nSPS) is 12.2. The van der Waals surface area contributed by atoms with E-state index in [0.717, 1.165) is 0 Å². The average Bonchev–Trinajstić information content (AvgIpc) is 2.07. The standard InChI is InChI=1S/C12H22OSi2/c1-10-8-7-9-12(11(10)2)15(5,6)13-14(3)4/h7-9,14H,1-6H3. The zero-order valence-electron chi connectivity index (χ0n) is 10.7. The molecule has 0 heterocycles. The Morgan fingerprint density at radius 3 is 2.27 bits per heavy atom. The van der Waals surface area contributed by atoms with Crippen molar-refractivity contribution >= 4 is 22.5 Å². The summed E-state index contributed by atoms with van der Waals surface area (Å²) in [7, 11) is -2.60. The van der Waals surface area contributed by atoms with Crippen molar-refractivity contribution in [2.24, 2.45) is 0 Å². The maximum absolute atomic E-state index is 6.24. The van der Waals surface area contributed by atoms with Crippen molar-refractivity contribution in [3.8, 4) is 0 Å². The summed E-state index contributed by atoms with van der Waals surface area (Å²) in [6, 6.07) is 6.57. The Morgan fingerprint density at radius 2 is 1.73 bits per heavy atom. The van der Waals surface area contributed by atoms with Gasteiger partial charge in [-0.05, 0) is 56.3 Å². The fraction of sp³-hybridized carbons (Fsp3) is 0.500. The largest absolute Gasteiger partial charge is 0.455 e. The molecule has 0 bridgehead atoms. The lowest BCUT2D eigenvalue weighted by molar-refractivity contribution is 0.590. The van der Waals surface area contributed by atoms with Crippen molar-refractivity contribution < 1.29 is 4.12 Å². The second kappa shape index (κ2) is 4.64. The first-order chi connectivity index (χ1) is 6.84. The van der Waals surface area contributed by atoms with E-state index >= 15 is 0 Å². The lowest BCUT2D eigenvalue weighted by Gasteiger charge is -2.28. The van der Waals surface area contributed by atoms with Gasteiger partial charge in [0.1, 0.15) is 0 Å². The zero-order valence-corrected chi connectivity index (χ0v) is 12.9.